The lowest BCUT2D eigenvalue weighted by molar-refractivity contribution is 0.0848. The lowest BCUT2D eigenvalue weighted by Crippen LogP contribution is -2.41. The monoisotopic (exact) mass is 388 g/mol. The van der Waals surface area contributed by atoms with Crippen LogP contribution in [-0.4, -0.2) is 17.6 Å². The van der Waals surface area contributed by atoms with E-state index in [0.717, 1.165) is 30.4 Å². The molecule has 5 nitrogen and oxygen atoms in total. The van der Waals surface area contributed by atoms with E-state index in [1.807, 2.05) is 24.3 Å². The van der Waals surface area contributed by atoms with Crippen molar-refractivity contribution in [3.8, 4) is 11.1 Å². The molecule has 3 aromatic rings. The van der Waals surface area contributed by atoms with Crippen LogP contribution in [-0.2, 0) is 12.8 Å². The van der Waals surface area contributed by atoms with Gasteiger partial charge in [-0.1, -0.05) is 30.3 Å². The molecule has 0 atom stereocenters. The Kier molecular flexibility index (Phi) is 3.87. The van der Waals surface area contributed by atoms with E-state index in [-0.39, 0.29) is 11.7 Å². The topological polar surface area (TPSA) is 75.3 Å². The summed E-state index contributed by atoms with van der Waals surface area (Å²) in [4.78, 5) is 39.2. The Balaban J connectivity index is 1.31. The van der Waals surface area contributed by atoms with Gasteiger partial charge in [0.05, 0.1) is 4.88 Å². The third-order valence-corrected chi connectivity index (χ3v) is 6.48. The van der Waals surface area contributed by atoms with E-state index in [2.05, 4.69) is 10.9 Å². The van der Waals surface area contributed by atoms with Gasteiger partial charge >= 0.3 is 0 Å². The number of ketones is 1. The van der Waals surface area contributed by atoms with E-state index in [1.165, 1.54) is 21.8 Å². The van der Waals surface area contributed by atoms with Gasteiger partial charge in [-0.05, 0) is 54.2 Å². The molecular weight excluding hydrogens is 372 g/mol. The highest BCUT2D eigenvalue weighted by Crippen LogP contribution is 2.36. The van der Waals surface area contributed by atoms with Crippen molar-refractivity contribution in [2.75, 3.05) is 0 Å². The van der Waals surface area contributed by atoms with Gasteiger partial charge in [0.15, 0.2) is 5.78 Å². The number of hydrogen-bond acceptors (Lipinski definition) is 4. The number of hydrogen-bond donors (Lipinski definition) is 2. The van der Waals surface area contributed by atoms with E-state index < -0.39 is 5.91 Å². The Morgan fingerprint density at radius 2 is 1.57 bits per heavy atom. The summed E-state index contributed by atoms with van der Waals surface area (Å²) < 4.78 is 0. The summed E-state index contributed by atoms with van der Waals surface area (Å²) in [5.41, 5.74) is 9.34. The Morgan fingerprint density at radius 3 is 2.39 bits per heavy atom. The van der Waals surface area contributed by atoms with Crippen LogP contribution in [0.4, 0.5) is 0 Å². The minimum Gasteiger partial charge on any atom is -0.289 e. The quantitative estimate of drug-likeness (QED) is 0.516. The number of fused-ring (bicyclic) bond motifs is 4. The molecule has 2 amide bonds. The molecule has 2 N–H and O–H groups in total. The number of thiophene rings is 1. The van der Waals surface area contributed by atoms with Crippen LogP contribution in [0.5, 0.6) is 0 Å². The summed E-state index contributed by atoms with van der Waals surface area (Å²) in [6.07, 6.45) is 3.17. The van der Waals surface area contributed by atoms with Gasteiger partial charge in [0, 0.05) is 21.6 Å². The molecule has 1 aromatic heterocycles. The molecule has 2 aliphatic rings. The summed E-state index contributed by atoms with van der Waals surface area (Å²) in [6, 6.07) is 14.3. The summed E-state index contributed by atoms with van der Waals surface area (Å²) in [5, 5.41) is 0. The first kappa shape index (κ1) is 16.9. The summed E-state index contributed by atoms with van der Waals surface area (Å²) in [6.45, 7) is 0. The molecule has 0 bridgehead atoms. The molecular formula is C22H16N2O3S. The highest BCUT2D eigenvalue weighted by Gasteiger charge is 2.27. The second-order valence-electron chi connectivity index (χ2n) is 6.96. The molecule has 1 heterocycles. The largest absolute Gasteiger partial charge is 0.289 e. The standard InChI is InChI=1S/C22H16N2O3S/c25-20-16-6-2-1-5-14(16)15-9-8-13(10-17(15)20)21(26)23-24-22(27)19-11-12-4-3-7-18(12)28-19/h1-2,5-6,8-11H,3-4,7H2,(H,23,26)(H,24,27). The molecule has 138 valence electrons. The molecule has 0 saturated heterocycles. The lowest BCUT2D eigenvalue weighted by Gasteiger charge is -2.08. The number of benzene rings is 2. The van der Waals surface area contributed by atoms with Gasteiger partial charge < -0.3 is 0 Å². The first-order valence-corrected chi connectivity index (χ1v) is 9.94. The smallest absolute Gasteiger partial charge is 0.279 e. The van der Waals surface area contributed by atoms with Crippen molar-refractivity contribution in [1.29, 1.82) is 0 Å². The van der Waals surface area contributed by atoms with E-state index in [0.29, 0.717) is 21.6 Å². The number of aryl methyl sites for hydroxylation is 2. The molecule has 0 saturated carbocycles. The Labute approximate surface area is 165 Å². The number of carbonyl (C=O) groups is 3. The number of rotatable bonds is 2. The molecule has 0 unspecified atom stereocenters. The van der Waals surface area contributed by atoms with E-state index in [9.17, 15) is 14.4 Å². The molecule has 5 rings (SSSR count). The van der Waals surface area contributed by atoms with Gasteiger partial charge in [0.2, 0.25) is 0 Å². The number of carbonyl (C=O) groups excluding carboxylic acids is 3. The molecule has 0 aliphatic heterocycles. The van der Waals surface area contributed by atoms with Crippen molar-refractivity contribution in [3.63, 3.8) is 0 Å². The third-order valence-electron chi connectivity index (χ3n) is 5.25. The van der Waals surface area contributed by atoms with Crippen molar-refractivity contribution < 1.29 is 14.4 Å². The predicted molar refractivity (Wildman–Crippen MR) is 107 cm³/mol. The van der Waals surface area contributed by atoms with Crippen LogP contribution in [0.15, 0.2) is 48.5 Å². The fraction of sp³-hybridized carbons (Fsp3) is 0.136. The van der Waals surface area contributed by atoms with Crippen LogP contribution in [0, 0.1) is 0 Å². The number of amides is 2. The highest BCUT2D eigenvalue weighted by molar-refractivity contribution is 7.14. The second kappa shape index (κ2) is 6.42. The fourth-order valence-electron chi connectivity index (χ4n) is 3.86. The molecule has 0 radical (unpaired) electrons. The maximum absolute atomic E-state index is 12.6. The number of nitrogens with one attached hydrogen (secondary N) is 2. The Hall–Kier alpha value is -3.25. The minimum absolute atomic E-state index is 0.0858. The van der Waals surface area contributed by atoms with E-state index >= 15 is 0 Å². The number of hydrazine groups is 1. The third kappa shape index (κ3) is 2.65. The molecule has 2 aromatic carbocycles. The van der Waals surface area contributed by atoms with E-state index in [1.54, 1.807) is 24.3 Å². The van der Waals surface area contributed by atoms with Gasteiger partial charge in [0.25, 0.3) is 11.8 Å². The SMILES string of the molecule is O=C(NNC(=O)c1cc2c(s1)CCC2)c1ccc2c(c1)C(=O)c1ccccc1-2. The fourth-order valence-corrected chi connectivity index (χ4v) is 5.01. The second-order valence-corrected chi connectivity index (χ2v) is 8.09. The van der Waals surface area contributed by atoms with Crippen LogP contribution < -0.4 is 10.9 Å². The van der Waals surface area contributed by atoms with Gasteiger partial charge in [0.1, 0.15) is 0 Å². The maximum atomic E-state index is 12.6. The zero-order chi connectivity index (χ0) is 19.3. The molecule has 0 fully saturated rings. The molecule has 6 heteroatoms. The minimum atomic E-state index is -0.455. The Bertz CT molecular complexity index is 1140. The molecule has 2 aliphatic carbocycles. The van der Waals surface area contributed by atoms with E-state index in [4.69, 9.17) is 0 Å². The van der Waals surface area contributed by atoms with Gasteiger partial charge in [-0.15, -0.1) is 11.3 Å². The maximum Gasteiger partial charge on any atom is 0.279 e. The Morgan fingerprint density at radius 1 is 0.821 bits per heavy atom. The predicted octanol–water partition coefficient (Wildman–Crippen LogP) is 3.52. The molecule has 0 spiro atoms. The molecule has 28 heavy (non-hydrogen) atoms. The van der Waals surface area contributed by atoms with Crippen molar-refractivity contribution in [1.82, 2.24) is 10.9 Å². The summed E-state index contributed by atoms with van der Waals surface area (Å²) in [7, 11) is 0. The lowest BCUT2D eigenvalue weighted by atomic mass is 10.0. The van der Waals surface area contributed by atoms with Crippen LogP contribution in [0.25, 0.3) is 11.1 Å². The first-order valence-electron chi connectivity index (χ1n) is 9.12. The van der Waals surface area contributed by atoms with Crippen molar-refractivity contribution in [2.24, 2.45) is 0 Å². The van der Waals surface area contributed by atoms with Crippen LogP contribution >= 0.6 is 11.3 Å². The van der Waals surface area contributed by atoms with Crippen LogP contribution in [0.1, 0.15) is 52.8 Å². The highest BCUT2D eigenvalue weighted by atomic mass is 32.1. The van der Waals surface area contributed by atoms with Gasteiger partial charge in [-0.25, -0.2) is 0 Å². The summed E-state index contributed by atoms with van der Waals surface area (Å²) in [5.74, 6) is -0.862. The average molecular weight is 388 g/mol. The van der Waals surface area contributed by atoms with Crippen molar-refractivity contribution in [2.45, 2.75) is 19.3 Å². The zero-order valence-electron chi connectivity index (χ0n) is 14.9. The average Bonchev–Trinajstić information content (AvgIpc) is 3.39. The normalized spacial score (nSPS) is 13.6. The first-order chi connectivity index (χ1) is 13.6. The zero-order valence-corrected chi connectivity index (χ0v) is 15.7. The van der Waals surface area contributed by atoms with Gasteiger partial charge in [-0.2, -0.15) is 0 Å². The van der Waals surface area contributed by atoms with Crippen molar-refractivity contribution >= 4 is 28.9 Å². The van der Waals surface area contributed by atoms with Crippen LogP contribution in [0.3, 0.4) is 0 Å². The van der Waals surface area contributed by atoms with Crippen molar-refractivity contribution in [3.05, 3.63) is 80.5 Å². The van der Waals surface area contributed by atoms with Gasteiger partial charge in [-0.3, -0.25) is 25.2 Å². The summed E-state index contributed by atoms with van der Waals surface area (Å²) >= 11 is 1.48. The van der Waals surface area contributed by atoms with Crippen LogP contribution in [0.2, 0.25) is 0 Å².